The van der Waals surface area contributed by atoms with Crippen LogP contribution in [0.3, 0.4) is 0 Å². The Balaban J connectivity index is 3.05. The number of halogens is 2. The number of carboxylic acid groups (broad SMARTS) is 1. The average molecular weight is 290 g/mol. The molecular formula is C12H13ClFNO4. The molecule has 0 aliphatic heterocycles. The van der Waals surface area contributed by atoms with E-state index in [0.29, 0.717) is 0 Å². The molecule has 0 heterocycles. The van der Waals surface area contributed by atoms with E-state index in [0.717, 1.165) is 6.07 Å². The Morgan fingerprint density at radius 2 is 1.95 bits per heavy atom. The molecule has 2 N–H and O–H groups in total. The number of carbonyl (C=O) groups is 2. The van der Waals surface area contributed by atoms with Gasteiger partial charge in [0.1, 0.15) is 11.2 Å². The van der Waals surface area contributed by atoms with E-state index >= 15 is 0 Å². The maximum Gasteiger partial charge on any atom is 0.412 e. The zero-order valence-electron chi connectivity index (χ0n) is 10.6. The van der Waals surface area contributed by atoms with E-state index in [1.807, 2.05) is 0 Å². The molecule has 0 saturated carbocycles. The molecule has 104 valence electrons. The van der Waals surface area contributed by atoms with Crippen molar-refractivity contribution in [3.63, 3.8) is 0 Å². The van der Waals surface area contributed by atoms with Gasteiger partial charge in [-0.05, 0) is 32.9 Å². The normalized spacial score (nSPS) is 11.0. The van der Waals surface area contributed by atoms with Gasteiger partial charge in [-0.3, -0.25) is 5.32 Å². The van der Waals surface area contributed by atoms with Gasteiger partial charge in [-0.15, -0.1) is 0 Å². The Morgan fingerprint density at radius 1 is 1.37 bits per heavy atom. The van der Waals surface area contributed by atoms with Crippen molar-refractivity contribution < 1.29 is 23.8 Å². The summed E-state index contributed by atoms with van der Waals surface area (Å²) in [6.07, 6.45) is -0.878. The minimum absolute atomic E-state index is 0.219. The van der Waals surface area contributed by atoms with Crippen molar-refractivity contribution in [2.75, 3.05) is 5.32 Å². The quantitative estimate of drug-likeness (QED) is 0.873. The summed E-state index contributed by atoms with van der Waals surface area (Å²) >= 11 is 5.49. The topological polar surface area (TPSA) is 75.6 Å². The molecule has 0 saturated heterocycles. The van der Waals surface area contributed by atoms with Crippen molar-refractivity contribution in [1.82, 2.24) is 0 Å². The lowest BCUT2D eigenvalue weighted by atomic mass is 10.1. The van der Waals surface area contributed by atoms with Gasteiger partial charge in [0, 0.05) is 0 Å². The number of carboxylic acids is 1. The zero-order chi connectivity index (χ0) is 14.8. The zero-order valence-corrected chi connectivity index (χ0v) is 11.3. The largest absolute Gasteiger partial charge is 0.478 e. The van der Waals surface area contributed by atoms with Gasteiger partial charge in [0.15, 0.2) is 5.82 Å². The maximum atomic E-state index is 13.6. The van der Waals surface area contributed by atoms with Crippen LogP contribution in [0.15, 0.2) is 12.1 Å². The molecule has 0 aromatic heterocycles. The fourth-order valence-corrected chi connectivity index (χ4v) is 1.43. The lowest BCUT2D eigenvalue weighted by Crippen LogP contribution is -2.28. The summed E-state index contributed by atoms with van der Waals surface area (Å²) in [5.41, 5.74) is -1.68. The number of rotatable bonds is 2. The Kier molecular flexibility index (Phi) is 4.36. The Morgan fingerprint density at radius 3 is 2.42 bits per heavy atom. The average Bonchev–Trinajstić information content (AvgIpc) is 2.20. The lowest BCUT2D eigenvalue weighted by molar-refractivity contribution is 0.0636. The summed E-state index contributed by atoms with van der Waals surface area (Å²) in [4.78, 5) is 22.5. The van der Waals surface area contributed by atoms with Gasteiger partial charge in [0.2, 0.25) is 0 Å². The van der Waals surface area contributed by atoms with Gasteiger partial charge in [-0.2, -0.15) is 0 Å². The monoisotopic (exact) mass is 289 g/mol. The third-order valence-electron chi connectivity index (χ3n) is 1.94. The van der Waals surface area contributed by atoms with Crippen molar-refractivity contribution >= 4 is 29.4 Å². The first kappa shape index (κ1) is 15.2. The smallest absolute Gasteiger partial charge is 0.412 e. The Labute approximate surface area is 114 Å². The summed E-state index contributed by atoms with van der Waals surface area (Å²) in [6.45, 7) is 4.94. The molecule has 0 atom stereocenters. The maximum absolute atomic E-state index is 13.6. The van der Waals surface area contributed by atoms with Gasteiger partial charge in [-0.1, -0.05) is 11.6 Å². The highest BCUT2D eigenvalue weighted by molar-refractivity contribution is 6.31. The van der Waals surface area contributed by atoms with Crippen molar-refractivity contribution in [3.8, 4) is 0 Å². The van der Waals surface area contributed by atoms with Gasteiger partial charge in [-0.25, -0.2) is 14.0 Å². The first-order valence-corrected chi connectivity index (χ1v) is 5.71. The number of benzene rings is 1. The minimum atomic E-state index is -1.54. The van der Waals surface area contributed by atoms with E-state index in [1.165, 1.54) is 6.07 Å². The van der Waals surface area contributed by atoms with Crippen LogP contribution in [0.4, 0.5) is 14.9 Å². The van der Waals surface area contributed by atoms with E-state index < -0.39 is 29.0 Å². The molecule has 0 aliphatic rings. The third kappa shape index (κ3) is 4.10. The Hall–Kier alpha value is -1.82. The highest BCUT2D eigenvalue weighted by Gasteiger charge is 2.22. The number of ether oxygens (including phenoxy) is 1. The Bertz CT molecular complexity index is 525. The molecular weight excluding hydrogens is 277 g/mol. The molecule has 7 heteroatoms. The van der Waals surface area contributed by atoms with E-state index in [4.69, 9.17) is 21.4 Å². The lowest BCUT2D eigenvalue weighted by Gasteiger charge is -2.20. The molecule has 0 aliphatic carbocycles. The van der Waals surface area contributed by atoms with Crippen molar-refractivity contribution in [2.45, 2.75) is 26.4 Å². The second-order valence-electron chi connectivity index (χ2n) is 4.72. The van der Waals surface area contributed by atoms with Crippen LogP contribution < -0.4 is 5.32 Å². The van der Waals surface area contributed by atoms with Crippen LogP contribution in [0.5, 0.6) is 0 Å². The van der Waals surface area contributed by atoms with E-state index in [2.05, 4.69) is 5.32 Å². The second kappa shape index (κ2) is 5.44. The van der Waals surface area contributed by atoms with Crippen LogP contribution in [-0.2, 0) is 4.74 Å². The summed E-state index contributed by atoms with van der Waals surface area (Å²) in [7, 11) is 0. The van der Waals surface area contributed by atoms with Crippen LogP contribution >= 0.6 is 11.6 Å². The molecule has 1 aromatic carbocycles. The molecule has 0 unspecified atom stereocenters. The number of carbonyl (C=O) groups excluding carboxylic acids is 1. The third-order valence-corrected chi connectivity index (χ3v) is 2.24. The van der Waals surface area contributed by atoms with E-state index in [1.54, 1.807) is 20.8 Å². The van der Waals surface area contributed by atoms with Gasteiger partial charge >= 0.3 is 12.1 Å². The molecule has 1 rings (SSSR count). The summed E-state index contributed by atoms with van der Waals surface area (Å²) in [6, 6.07) is 2.34. The molecule has 0 fully saturated rings. The number of anilines is 1. The van der Waals surface area contributed by atoms with Crippen molar-refractivity contribution in [2.24, 2.45) is 0 Å². The predicted molar refractivity (Wildman–Crippen MR) is 68.2 cm³/mol. The van der Waals surface area contributed by atoms with Gasteiger partial charge < -0.3 is 9.84 Å². The minimum Gasteiger partial charge on any atom is -0.478 e. The molecule has 0 bridgehead atoms. The molecule has 0 spiro atoms. The number of hydrogen-bond acceptors (Lipinski definition) is 3. The van der Waals surface area contributed by atoms with Crippen molar-refractivity contribution in [1.29, 1.82) is 0 Å². The van der Waals surface area contributed by atoms with E-state index in [9.17, 15) is 14.0 Å². The fraction of sp³-hybridized carbons (Fsp3) is 0.333. The molecule has 0 radical (unpaired) electrons. The number of nitrogens with one attached hydrogen (secondary N) is 1. The van der Waals surface area contributed by atoms with Crippen LogP contribution in [-0.4, -0.2) is 22.8 Å². The van der Waals surface area contributed by atoms with Crippen LogP contribution in [0.2, 0.25) is 5.02 Å². The summed E-state index contributed by atoms with van der Waals surface area (Å²) < 4.78 is 18.5. The fourth-order valence-electron chi connectivity index (χ4n) is 1.28. The number of amides is 1. The first-order valence-electron chi connectivity index (χ1n) is 5.33. The summed E-state index contributed by atoms with van der Waals surface area (Å²) in [5, 5.41) is 10.8. The molecule has 1 amide bonds. The molecule has 1 aromatic rings. The predicted octanol–water partition coefficient (Wildman–Crippen LogP) is 3.52. The SMILES string of the molecule is CC(C)(C)OC(=O)Nc1ccc(Cl)c(F)c1C(=O)O. The first-order chi connectivity index (χ1) is 8.61. The number of hydrogen-bond donors (Lipinski definition) is 2. The van der Waals surface area contributed by atoms with Crippen LogP contribution in [0.25, 0.3) is 0 Å². The standard InChI is InChI=1S/C12H13ClFNO4/c1-12(2,3)19-11(18)15-7-5-4-6(13)9(14)8(7)10(16)17/h4-5H,1-3H3,(H,15,18)(H,16,17). The molecule has 5 nitrogen and oxygen atoms in total. The molecule has 19 heavy (non-hydrogen) atoms. The highest BCUT2D eigenvalue weighted by atomic mass is 35.5. The van der Waals surface area contributed by atoms with Gasteiger partial charge in [0.05, 0.1) is 10.7 Å². The van der Waals surface area contributed by atoms with Crippen LogP contribution in [0.1, 0.15) is 31.1 Å². The highest BCUT2D eigenvalue weighted by Crippen LogP contribution is 2.26. The van der Waals surface area contributed by atoms with Crippen LogP contribution in [0, 0.1) is 5.82 Å². The van der Waals surface area contributed by atoms with Crippen molar-refractivity contribution in [3.05, 3.63) is 28.5 Å². The summed E-state index contributed by atoms with van der Waals surface area (Å²) in [5.74, 6) is -2.64. The van der Waals surface area contributed by atoms with Gasteiger partial charge in [0.25, 0.3) is 0 Å². The second-order valence-corrected chi connectivity index (χ2v) is 5.12. The van der Waals surface area contributed by atoms with E-state index in [-0.39, 0.29) is 10.7 Å². The number of aromatic carboxylic acids is 1.